The molecule has 0 aliphatic rings. The van der Waals surface area contributed by atoms with Gasteiger partial charge in [-0.05, 0) is 32.1 Å². The first-order valence-corrected chi connectivity index (χ1v) is 12.2. The molecule has 0 saturated carbocycles. The van der Waals surface area contributed by atoms with Gasteiger partial charge in [0.15, 0.2) is 6.10 Å². The summed E-state index contributed by atoms with van der Waals surface area (Å²) < 4.78 is 5.76. The molecule has 0 rings (SSSR count). The maximum Gasteiger partial charge on any atom is 0.308 e. The van der Waals surface area contributed by atoms with Gasteiger partial charge in [0, 0.05) is 12.4 Å². The summed E-state index contributed by atoms with van der Waals surface area (Å²) in [5.41, 5.74) is 0. The van der Waals surface area contributed by atoms with E-state index in [0.717, 1.165) is 25.7 Å². The van der Waals surface area contributed by atoms with Crippen molar-refractivity contribution in [1.29, 1.82) is 0 Å². The van der Waals surface area contributed by atoms with Crippen LogP contribution in [0.4, 0.5) is 0 Å². The predicted octanol–water partition coefficient (Wildman–Crippen LogP) is 3.75. The fraction of sp³-hybridized carbons (Fsp3) is 0.840. The monoisotopic (exact) mass is 441 g/mol. The molecule has 2 atom stereocenters. The van der Waals surface area contributed by atoms with Gasteiger partial charge in [0.2, 0.25) is 0 Å². The van der Waals surface area contributed by atoms with E-state index < -0.39 is 24.1 Å². The van der Waals surface area contributed by atoms with E-state index in [1.165, 1.54) is 44.9 Å². The van der Waals surface area contributed by atoms with Gasteiger partial charge in [-0.1, -0.05) is 64.0 Å². The van der Waals surface area contributed by atoms with Crippen molar-refractivity contribution in [3.63, 3.8) is 0 Å². The molecule has 0 bridgehead atoms. The number of hydrogen-bond donors (Lipinski definition) is 1. The smallest absolute Gasteiger partial charge is 0.308 e. The molecule has 31 heavy (non-hydrogen) atoms. The van der Waals surface area contributed by atoms with Crippen molar-refractivity contribution in [2.45, 2.75) is 109 Å². The average Bonchev–Trinajstić information content (AvgIpc) is 2.63. The number of nitrogens with zero attached hydrogens (tertiary/aromatic N) is 1. The quantitative estimate of drug-likeness (QED) is 0.135. The van der Waals surface area contributed by atoms with Crippen LogP contribution in [0.3, 0.4) is 0 Å². The zero-order chi connectivity index (χ0) is 23.5. The number of aliphatic carboxylic acids is 1. The van der Waals surface area contributed by atoms with Crippen LogP contribution in [0.2, 0.25) is 0 Å². The van der Waals surface area contributed by atoms with Gasteiger partial charge in [-0.2, -0.15) is 0 Å². The number of unbranched alkanes of at least 4 members (excludes halogenated alkanes) is 9. The van der Waals surface area contributed by atoms with Crippen LogP contribution in [0.1, 0.15) is 96.8 Å². The summed E-state index contributed by atoms with van der Waals surface area (Å²) in [6.07, 6.45) is 16.3. The van der Waals surface area contributed by atoms with E-state index >= 15 is 0 Å². The van der Waals surface area contributed by atoms with E-state index in [0.29, 0.717) is 17.4 Å². The number of ether oxygens (including phenoxy) is 1. The minimum Gasteiger partial charge on any atom is -0.550 e. The molecule has 0 fully saturated rings. The molecule has 0 heterocycles. The maximum atomic E-state index is 12.1. The van der Waals surface area contributed by atoms with Crippen LogP contribution < -0.4 is 5.11 Å². The molecule has 0 aromatic carbocycles. The van der Waals surface area contributed by atoms with Crippen molar-refractivity contribution >= 4 is 11.9 Å². The molecule has 6 heteroatoms. The summed E-state index contributed by atoms with van der Waals surface area (Å²) in [5, 5.41) is 21.0. The van der Waals surface area contributed by atoms with Crippen LogP contribution in [0.5, 0.6) is 0 Å². The zero-order valence-corrected chi connectivity index (χ0v) is 20.4. The summed E-state index contributed by atoms with van der Waals surface area (Å²) in [5.74, 6) is -1.79. The number of allylic oxidation sites excluding steroid dienone is 2. The van der Waals surface area contributed by atoms with E-state index in [4.69, 9.17) is 4.74 Å². The van der Waals surface area contributed by atoms with E-state index in [-0.39, 0.29) is 12.8 Å². The number of aliphatic hydroxyl groups excluding tert-OH is 1. The second-order valence-corrected chi connectivity index (χ2v) is 9.68. The third-order valence-corrected chi connectivity index (χ3v) is 5.15. The normalized spacial score (nSPS) is 14.0. The topological polar surface area (TPSA) is 86.7 Å². The Morgan fingerprint density at radius 3 is 2.00 bits per heavy atom. The summed E-state index contributed by atoms with van der Waals surface area (Å²) in [7, 11) is 5.69. The Morgan fingerprint density at radius 1 is 0.903 bits per heavy atom. The lowest BCUT2D eigenvalue weighted by Crippen LogP contribution is -2.45. The van der Waals surface area contributed by atoms with Crippen molar-refractivity contribution < 1.29 is 29.0 Å². The highest BCUT2D eigenvalue weighted by atomic mass is 16.5. The number of carbonyl (C=O) groups is 2. The average molecular weight is 442 g/mol. The predicted molar refractivity (Wildman–Crippen MR) is 123 cm³/mol. The number of hydrogen-bond acceptors (Lipinski definition) is 5. The minimum absolute atomic E-state index is 0.0984. The molecule has 0 aromatic rings. The van der Waals surface area contributed by atoms with Crippen molar-refractivity contribution in [2.75, 3.05) is 27.7 Å². The summed E-state index contributed by atoms with van der Waals surface area (Å²) in [6, 6.07) is 0. The molecular weight excluding hydrogens is 394 g/mol. The maximum absolute atomic E-state index is 12.1. The van der Waals surface area contributed by atoms with Crippen LogP contribution in [0.25, 0.3) is 0 Å². The van der Waals surface area contributed by atoms with Gasteiger partial charge in [0.25, 0.3) is 0 Å². The molecule has 6 nitrogen and oxygen atoms in total. The molecule has 1 N–H and O–H groups in total. The molecule has 0 saturated heterocycles. The molecule has 0 aliphatic heterocycles. The Kier molecular flexibility index (Phi) is 17.4. The van der Waals surface area contributed by atoms with Crippen LogP contribution in [0, 0.1) is 0 Å². The highest BCUT2D eigenvalue weighted by molar-refractivity contribution is 5.71. The Bertz CT molecular complexity index is 499. The van der Waals surface area contributed by atoms with E-state index in [2.05, 4.69) is 19.1 Å². The lowest BCUT2D eigenvalue weighted by molar-refractivity contribution is -0.873. The van der Waals surface area contributed by atoms with Crippen LogP contribution in [-0.2, 0) is 14.3 Å². The van der Waals surface area contributed by atoms with Gasteiger partial charge in [-0.15, -0.1) is 0 Å². The molecule has 1 unspecified atom stereocenters. The first kappa shape index (κ1) is 29.6. The largest absolute Gasteiger partial charge is 0.550 e. The van der Waals surface area contributed by atoms with E-state index in [1.54, 1.807) is 0 Å². The fourth-order valence-electron chi connectivity index (χ4n) is 3.57. The summed E-state index contributed by atoms with van der Waals surface area (Å²) >= 11 is 0. The molecule has 0 spiro atoms. The molecule has 182 valence electrons. The van der Waals surface area contributed by atoms with Gasteiger partial charge in [0.05, 0.1) is 33.7 Å². The summed E-state index contributed by atoms with van der Waals surface area (Å²) in [4.78, 5) is 22.9. The molecule has 0 radical (unpaired) electrons. The van der Waals surface area contributed by atoms with Crippen molar-refractivity contribution in [1.82, 2.24) is 0 Å². The molecule has 0 aliphatic carbocycles. The first-order chi connectivity index (χ1) is 14.6. The standard InChI is InChI=1S/C25H47NO5/c1-5-6-7-8-9-10-11-12-13-14-15-16-17-18-22(27)19-25(30)31-23(20-24(28)29)21-26(2,3)4/h12-13,22-23,27H,5-11,14-21H2,1-4H3/b13-12-/t22?,23-/m1/s1. The molecular formula is C25H47NO5. The van der Waals surface area contributed by atoms with Crippen LogP contribution in [-0.4, -0.2) is 61.4 Å². The first-order valence-electron chi connectivity index (χ1n) is 12.2. The fourth-order valence-corrected chi connectivity index (χ4v) is 3.57. The van der Waals surface area contributed by atoms with Gasteiger partial charge in [0.1, 0.15) is 6.54 Å². The Hall–Kier alpha value is -1.40. The van der Waals surface area contributed by atoms with Gasteiger partial charge in [-0.25, -0.2) is 0 Å². The van der Waals surface area contributed by atoms with Crippen molar-refractivity contribution in [3.8, 4) is 0 Å². The number of carboxylic acids is 1. The van der Waals surface area contributed by atoms with E-state index in [9.17, 15) is 19.8 Å². The Labute approximate surface area is 190 Å². The number of rotatable bonds is 20. The molecule has 0 amide bonds. The number of quaternary nitrogens is 1. The van der Waals surface area contributed by atoms with Gasteiger partial charge in [-0.3, -0.25) is 4.79 Å². The van der Waals surface area contributed by atoms with Crippen molar-refractivity contribution in [3.05, 3.63) is 12.2 Å². The summed E-state index contributed by atoms with van der Waals surface area (Å²) in [6.45, 7) is 2.62. The SMILES string of the molecule is CCCCCCCC/C=C\CCCCCC(O)CC(=O)O[C@H](CC(=O)[O-])C[N+](C)(C)C. The Balaban J connectivity index is 3.83. The molecule has 0 aromatic heterocycles. The van der Waals surface area contributed by atoms with Crippen LogP contribution in [0.15, 0.2) is 12.2 Å². The van der Waals surface area contributed by atoms with Crippen LogP contribution >= 0.6 is 0 Å². The van der Waals surface area contributed by atoms with Gasteiger partial charge >= 0.3 is 5.97 Å². The van der Waals surface area contributed by atoms with Crippen molar-refractivity contribution in [2.24, 2.45) is 0 Å². The second kappa shape index (κ2) is 18.2. The lowest BCUT2D eigenvalue weighted by atomic mass is 10.1. The number of esters is 1. The number of aliphatic hydroxyl groups is 1. The zero-order valence-electron chi connectivity index (χ0n) is 20.4. The second-order valence-electron chi connectivity index (χ2n) is 9.68. The third kappa shape index (κ3) is 21.6. The number of likely N-dealkylation sites (N-methyl/N-ethyl adjacent to an activating group) is 1. The number of carbonyl (C=O) groups excluding carboxylic acids is 2. The minimum atomic E-state index is -1.24. The highest BCUT2D eigenvalue weighted by Gasteiger charge is 2.23. The Morgan fingerprint density at radius 2 is 1.45 bits per heavy atom. The lowest BCUT2D eigenvalue weighted by Gasteiger charge is -2.29. The third-order valence-electron chi connectivity index (χ3n) is 5.15. The van der Waals surface area contributed by atoms with Gasteiger partial charge < -0.3 is 24.2 Å². The van der Waals surface area contributed by atoms with E-state index in [1.807, 2.05) is 21.1 Å². The number of carboxylic acid groups (broad SMARTS) is 1. The highest BCUT2D eigenvalue weighted by Crippen LogP contribution is 2.12.